The molecule has 116 valence electrons. The Balaban J connectivity index is 1.78. The van der Waals surface area contributed by atoms with E-state index in [1.54, 1.807) is 18.2 Å². The lowest BCUT2D eigenvalue weighted by Gasteiger charge is -2.16. The molecule has 3 nitrogen and oxygen atoms in total. The molecular weight excluding hydrogens is 318 g/mol. The molecule has 0 saturated heterocycles. The van der Waals surface area contributed by atoms with Gasteiger partial charge in [-0.25, -0.2) is 13.1 Å². The van der Waals surface area contributed by atoms with E-state index in [0.717, 1.165) is 30.4 Å². The minimum absolute atomic E-state index is 0.236. The van der Waals surface area contributed by atoms with Crippen LogP contribution in [0, 0.1) is 0 Å². The van der Waals surface area contributed by atoms with Gasteiger partial charge < -0.3 is 0 Å². The number of halogens is 1. The van der Waals surface area contributed by atoms with Gasteiger partial charge in [-0.2, -0.15) is 0 Å². The van der Waals surface area contributed by atoms with E-state index in [1.165, 1.54) is 12.0 Å². The van der Waals surface area contributed by atoms with E-state index in [1.807, 2.05) is 24.3 Å². The second kappa shape index (κ2) is 6.41. The van der Waals surface area contributed by atoms with E-state index >= 15 is 0 Å². The quantitative estimate of drug-likeness (QED) is 0.926. The van der Waals surface area contributed by atoms with Gasteiger partial charge in [0, 0.05) is 11.6 Å². The third-order valence-electron chi connectivity index (χ3n) is 3.99. The maximum atomic E-state index is 12.4. The number of fused-ring (bicyclic) bond motifs is 1. The van der Waals surface area contributed by atoms with Crippen LogP contribution in [0.1, 0.15) is 29.5 Å². The number of aryl methyl sites for hydroxylation is 2. The second-order valence-electron chi connectivity index (χ2n) is 5.59. The van der Waals surface area contributed by atoms with Gasteiger partial charge in [0.15, 0.2) is 0 Å². The lowest BCUT2D eigenvalue weighted by Crippen LogP contribution is -2.23. The van der Waals surface area contributed by atoms with Gasteiger partial charge in [-0.1, -0.05) is 29.8 Å². The van der Waals surface area contributed by atoms with Crippen molar-refractivity contribution >= 4 is 21.6 Å². The fourth-order valence-corrected chi connectivity index (χ4v) is 4.07. The maximum Gasteiger partial charge on any atom is 0.240 e. The van der Waals surface area contributed by atoms with Gasteiger partial charge in [-0.05, 0) is 66.6 Å². The zero-order valence-electron chi connectivity index (χ0n) is 12.2. The number of benzene rings is 2. The highest BCUT2D eigenvalue weighted by Crippen LogP contribution is 2.24. The molecule has 0 atom stereocenters. The van der Waals surface area contributed by atoms with E-state index in [4.69, 9.17) is 11.6 Å². The standard InChI is InChI=1S/C17H18ClNO2S/c18-16-7-3-4-13(10-16)12-19-22(20,21)17-9-8-14-5-1-2-6-15(14)11-17/h3-4,7-11,19H,1-2,5-6,12H2. The van der Waals surface area contributed by atoms with E-state index in [2.05, 4.69) is 4.72 Å². The lowest BCUT2D eigenvalue weighted by atomic mass is 9.92. The molecule has 0 amide bonds. The summed E-state index contributed by atoms with van der Waals surface area (Å²) in [6, 6.07) is 12.6. The highest BCUT2D eigenvalue weighted by molar-refractivity contribution is 7.89. The summed E-state index contributed by atoms with van der Waals surface area (Å²) < 4.78 is 27.5. The highest BCUT2D eigenvalue weighted by Gasteiger charge is 2.17. The van der Waals surface area contributed by atoms with E-state index < -0.39 is 10.0 Å². The van der Waals surface area contributed by atoms with Crippen LogP contribution in [0.4, 0.5) is 0 Å². The summed E-state index contributed by atoms with van der Waals surface area (Å²) >= 11 is 5.91. The fraction of sp³-hybridized carbons (Fsp3) is 0.294. The van der Waals surface area contributed by atoms with Gasteiger partial charge in [-0.3, -0.25) is 0 Å². The van der Waals surface area contributed by atoms with Crippen molar-refractivity contribution in [3.05, 3.63) is 64.2 Å². The normalized spacial score (nSPS) is 14.6. The third-order valence-corrected chi connectivity index (χ3v) is 5.62. The first-order chi connectivity index (χ1) is 10.5. The van der Waals surface area contributed by atoms with Crippen LogP contribution in [0.3, 0.4) is 0 Å². The lowest BCUT2D eigenvalue weighted by molar-refractivity contribution is 0.580. The summed E-state index contributed by atoms with van der Waals surface area (Å²) in [5, 5.41) is 0.602. The van der Waals surface area contributed by atoms with Gasteiger partial charge in [0.05, 0.1) is 4.90 Å². The van der Waals surface area contributed by atoms with Crippen molar-refractivity contribution in [2.45, 2.75) is 37.1 Å². The minimum Gasteiger partial charge on any atom is -0.207 e. The Labute approximate surface area is 136 Å². The zero-order valence-corrected chi connectivity index (χ0v) is 13.8. The molecule has 2 aromatic carbocycles. The van der Waals surface area contributed by atoms with Crippen LogP contribution in [0.2, 0.25) is 5.02 Å². The minimum atomic E-state index is -3.50. The summed E-state index contributed by atoms with van der Waals surface area (Å²) in [6.45, 7) is 0.236. The first-order valence-electron chi connectivity index (χ1n) is 7.40. The average Bonchev–Trinajstić information content (AvgIpc) is 2.53. The second-order valence-corrected chi connectivity index (χ2v) is 7.80. The van der Waals surface area contributed by atoms with Crippen LogP contribution in [0.15, 0.2) is 47.4 Å². The Morgan fingerprint density at radius 3 is 2.55 bits per heavy atom. The van der Waals surface area contributed by atoms with Gasteiger partial charge in [0.1, 0.15) is 0 Å². The molecule has 3 rings (SSSR count). The van der Waals surface area contributed by atoms with Crippen LogP contribution in [-0.4, -0.2) is 8.42 Å². The van der Waals surface area contributed by atoms with Crippen molar-refractivity contribution in [1.29, 1.82) is 0 Å². The van der Waals surface area contributed by atoms with Gasteiger partial charge in [-0.15, -0.1) is 0 Å². The van der Waals surface area contributed by atoms with Crippen LogP contribution < -0.4 is 4.72 Å². The molecule has 0 bridgehead atoms. The summed E-state index contributed by atoms with van der Waals surface area (Å²) in [5.41, 5.74) is 3.28. The number of nitrogens with one attached hydrogen (secondary N) is 1. The topological polar surface area (TPSA) is 46.2 Å². The molecule has 1 aliphatic carbocycles. The molecule has 0 fully saturated rings. The predicted molar refractivity (Wildman–Crippen MR) is 88.6 cm³/mol. The monoisotopic (exact) mass is 335 g/mol. The molecule has 0 saturated carbocycles. The maximum absolute atomic E-state index is 12.4. The van der Waals surface area contributed by atoms with E-state index in [9.17, 15) is 8.42 Å². The highest BCUT2D eigenvalue weighted by atomic mass is 35.5. The van der Waals surface area contributed by atoms with Crippen molar-refractivity contribution in [3.63, 3.8) is 0 Å². The SMILES string of the molecule is O=S(=O)(NCc1cccc(Cl)c1)c1ccc2c(c1)CCCC2. The largest absolute Gasteiger partial charge is 0.240 e. The molecule has 0 aliphatic heterocycles. The average molecular weight is 336 g/mol. The van der Waals surface area contributed by atoms with Crippen molar-refractivity contribution in [2.24, 2.45) is 0 Å². The van der Waals surface area contributed by atoms with Crippen molar-refractivity contribution in [2.75, 3.05) is 0 Å². The number of hydrogen-bond donors (Lipinski definition) is 1. The predicted octanol–water partition coefficient (Wildman–Crippen LogP) is 3.70. The Hall–Kier alpha value is -1.36. The molecule has 0 radical (unpaired) electrons. The molecule has 0 aromatic heterocycles. The Bertz CT molecular complexity index is 787. The number of hydrogen-bond acceptors (Lipinski definition) is 2. The van der Waals surface area contributed by atoms with Crippen LogP contribution in [0.25, 0.3) is 0 Å². The van der Waals surface area contributed by atoms with Crippen molar-refractivity contribution in [3.8, 4) is 0 Å². The summed E-state index contributed by atoms with van der Waals surface area (Å²) in [7, 11) is -3.50. The van der Waals surface area contributed by atoms with Crippen molar-refractivity contribution in [1.82, 2.24) is 4.72 Å². The Morgan fingerprint density at radius 1 is 1.00 bits per heavy atom. The Morgan fingerprint density at radius 2 is 1.77 bits per heavy atom. The van der Waals surface area contributed by atoms with E-state index in [-0.39, 0.29) is 6.54 Å². The summed E-state index contributed by atoms with van der Waals surface area (Å²) in [5.74, 6) is 0. The smallest absolute Gasteiger partial charge is 0.207 e. The van der Waals surface area contributed by atoms with Crippen molar-refractivity contribution < 1.29 is 8.42 Å². The molecule has 0 heterocycles. The zero-order chi connectivity index (χ0) is 15.6. The molecule has 0 unspecified atom stereocenters. The van der Waals surface area contributed by atoms with E-state index in [0.29, 0.717) is 9.92 Å². The molecule has 1 N–H and O–H groups in total. The first-order valence-corrected chi connectivity index (χ1v) is 9.27. The molecule has 0 spiro atoms. The van der Waals surface area contributed by atoms with Gasteiger partial charge in [0.25, 0.3) is 0 Å². The van der Waals surface area contributed by atoms with Crippen LogP contribution >= 0.6 is 11.6 Å². The summed E-state index contributed by atoms with van der Waals surface area (Å²) in [4.78, 5) is 0.343. The molecular formula is C17H18ClNO2S. The third kappa shape index (κ3) is 3.51. The fourth-order valence-electron chi connectivity index (χ4n) is 2.79. The number of sulfonamides is 1. The molecule has 1 aliphatic rings. The van der Waals surface area contributed by atoms with Gasteiger partial charge >= 0.3 is 0 Å². The first kappa shape index (κ1) is 15.5. The van der Waals surface area contributed by atoms with Gasteiger partial charge in [0.2, 0.25) is 10.0 Å². The molecule has 22 heavy (non-hydrogen) atoms. The van der Waals surface area contributed by atoms with Crippen LogP contribution in [-0.2, 0) is 29.4 Å². The molecule has 2 aromatic rings. The summed E-state index contributed by atoms with van der Waals surface area (Å²) in [6.07, 6.45) is 4.33. The number of rotatable bonds is 4. The van der Waals surface area contributed by atoms with Crippen LogP contribution in [0.5, 0.6) is 0 Å². The molecule has 5 heteroatoms. The Kier molecular flexibility index (Phi) is 4.52.